The zero-order valence-corrected chi connectivity index (χ0v) is 19.4. The third-order valence-corrected chi connectivity index (χ3v) is 6.85. The molecular formula is C24H33N5O4. The van der Waals surface area contributed by atoms with Crippen molar-refractivity contribution in [1.29, 1.82) is 0 Å². The largest absolute Gasteiger partial charge is 0.340 e. The number of likely N-dealkylation sites (tertiary alicyclic amines) is 2. The lowest BCUT2D eigenvalue weighted by molar-refractivity contribution is -0.144. The third kappa shape index (κ3) is 4.93. The summed E-state index contributed by atoms with van der Waals surface area (Å²) in [5.74, 6) is -0.754. The molecule has 9 nitrogen and oxygen atoms in total. The van der Waals surface area contributed by atoms with E-state index >= 15 is 0 Å². The fourth-order valence-corrected chi connectivity index (χ4v) is 5.30. The summed E-state index contributed by atoms with van der Waals surface area (Å²) in [6.45, 7) is 7.31. The molecule has 1 aromatic rings. The maximum absolute atomic E-state index is 13.6. The molecule has 3 fully saturated rings. The first-order valence-electron chi connectivity index (χ1n) is 11.9. The Morgan fingerprint density at radius 2 is 1.88 bits per heavy atom. The first-order valence-corrected chi connectivity index (χ1v) is 11.9. The van der Waals surface area contributed by atoms with Gasteiger partial charge in [0.1, 0.15) is 11.7 Å². The van der Waals surface area contributed by atoms with Crippen molar-refractivity contribution in [3.8, 4) is 0 Å². The van der Waals surface area contributed by atoms with Crippen LogP contribution in [0.15, 0.2) is 24.4 Å². The smallest absolute Gasteiger partial charge is 0.273 e. The van der Waals surface area contributed by atoms with Crippen LogP contribution in [0.4, 0.5) is 0 Å². The molecule has 3 saturated heterocycles. The Morgan fingerprint density at radius 3 is 2.55 bits per heavy atom. The second-order valence-corrected chi connectivity index (χ2v) is 9.61. The van der Waals surface area contributed by atoms with Crippen molar-refractivity contribution in [2.45, 2.75) is 45.2 Å². The molecule has 0 radical (unpaired) electrons. The second kappa shape index (κ2) is 9.99. The van der Waals surface area contributed by atoms with Gasteiger partial charge >= 0.3 is 0 Å². The number of amides is 3. The second-order valence-electron chi connectivity index (χ2n) is 9.61. The summed E-state index contributed by atoms with van der Waals surface area (Å²) in [6.07, 6.45) is 2.87. The van der Waals surface area contributed by atoms with E-state index < -0.39 is 12.0 Å². The molecule has 3 atom stereocenters. The highest BCUT2D eigenvalue weighted by Gasteiger charge is 2.52. The number of hydrogen-bond donors (Lipinski definition) is 1. The first-order chi connectivity index (χ1) is 15.9. The zero-order valence-electron chi connectivity index (χ0n) is 19.4. The van der Waals surface area contributed by atoms with Gasteiger partial charge in [-0.2, -0.15) is 0 Å². The van der Waals surface area contributed by atoms with Crippen molar-refractivity contribution in [3.63, 3.8) is 0 Å². The Morgan fingerprint density at radius 1 is 1.12 bits per heavy atom. The number of nitrogens with one attached hydrogen (secondary N) is 1. The van der Waals surface area contributed by atoms with E-state index in [2.05, 4.69) is 10.3 Å². The Hall–Kier alpha value is -2.81. The maximum atomic E-state index is 13.6. The summed E-state index contributed by atoms with van der Waals surface area (Å²) in [7, 11) is 0. The van der Waals surface area contributed by atoms with E-state index in [-0.39, 0.29) is 48.4 Å². The summed E-state index contributed by atoms with van der Waals surface area (Å²) in [5.41, 5.74) is 0.301. The summed E-state index contributed by atoms with van der Waals surface area (Å²) in [6, 6.07) is 4.15. The average Bonchev–Trinajstić information content (AvgIpc) is 3.40. The van der Waals surface area contributed by atoms with Crippen molar-refractivity contribution in [2.24, 2.45) is 11.8 Å². The Balaban J connectivity index is 1.47. The SMILES string of the molecule is CC(C)CC(CC(=O)N1CCNCC1)C(=O)N1CCC2C1C(=O)CN2C(=O)c1ccccn1. The molecule has 3 amide bonds. The molecule has 33 heavy (non-hydrogen) atoms. The number of aromatic nitrogens is 1. The number of rotatable bonds is 6. The van der Waals surface area contributed by atoms with Gasteiger partial charge in [-0.25, -0.2) is 0 Å². The predicted molar refractivity (Wildman–Crippen MR) is 121 cm³/mol. The minimum atomic E-state index is -0.630. The van der Waals surface area contributed by atoms with Gasteiger partial charge in [0, 0.05) is 51.3 Å². The first kappa shape index (κ1) is 23.4. The van der Waals surface area contributed by atoms with E-state index in [1.807, 2.05) is 18.7 Å². The number of carbonyl (C=O) groups is 4. The van der Waals surface area contributed by atoms with Gasteiger partial charge in [-0.15, -0.1) is 0 Å². The van der Waals surface area contributed by atoms with Crippen LogP contribution in [0, 0.1) is 11.8 Å². The Kier molecular flexibility index (Phi) is 7.07. The standard InChI is InChI=1S/C24H33N5O4/c1-16(2)13-17(14-21(31)27-11-8-25-9-12-27)23(32)28-10-6-19-22(28)20(30)15-29(19)24(33)18-5-3-4-7-26-18/h3-5,7,16-17,19,22,25H,6,8-15H2,1-2H3. The van der Waals surface area contributed by atoms with Crippen molar-refractivity contribution >= 4 is 23.5 Å². The van der Waals surface area contributed by atoms with E-state index in [0.717, 1.165) is 13.1 Å². The quantitative estimate of drug-likeness (QED) is 0.673. The lowest BCUT2D eigenvalue weighted by Gasteiger charge is -2.31. The van der Waals surface area contributed by atoms with Crippen molar-refractivity contribution in [1.82, 2.24) is 25.0 Å². The molecule has 0 aliphatic carbocycles. The van der Waals surface area contributed by atoms with Crippen molar-refractivity contribution in [3.05, 3.63) is 30.1 Å². The van der Waals surface area contributed by atoms with Crippen molar-refractivity contribution in [2.75, 3.05) is 39.3 Å². The number of piperazine rings is 1. The third-order valence-electron chi connectivity index (χ3n) is 6.85. The minimum Gasteiger partial charge on any atom is -0.340 e. The van der Waals surface area contributed by atoms with Crippen LogP contribution in [-0.2, 0) is 14.4 Å². The molecule has 0 saturated carbocycles. The number of ketones is 1. The molecule has 0 aromatic carbocycles. The molecule has 0 spiro atoms. The molecular weight excluding hydrogens is 422 g/mol. The molecule has 3 unspecified atom stereocenters. The van der Waals surface area contributed by atoms with Crippen LogP contribution < -0.4 is 5.32 Å². The number of pyridine rings is 1. The van der Waals surface area contributed by atoms with Gasteiger partial charge in [0.05, 0.1) is 12.6 Å². The number of hydrogen-bond acceptors (Lipinski definition) is 6. The van der Waals surface area contributed by atoms with Crippen LogP contribution in [0.5, 0.6) is 0 Å². The number of carbonyl (C=O) groups excluding carboxylic acids is 4. The Labute approximate surface area is 194 Å². The van der Waals surface area contributed by atoms with Gasteiger partial charge in [-0.05, 0) is 30.9 Å². The molecule has 0 bridgehead atoms. The van der Waals surface area contributed by atoms with Gasteiger partial charge in [0.25, 0.3) is 5.91 Å². The van der Waals surface area contributed by atoms with E-state index in [1.54, 1.807) is 34.2 Å². The number of Topliss-reactive ketones (excluding diaryl/α,β-unsaturated/α-hetero) is 1. The molecule has 3 aliphatic rings. The van der Waals surface area contributed by atoms with E-state index in [9.17, 15) is 19.2 Å². The van der Waals surface area contributed by atoms with Gasteiger partial charge in [-0.1, -0.05) is 19.9 Å². The highest BCUT2D eigenvalue weighted by Crippen LogP contribution is 2.33. The van der Waals surface area contributed by atoms with E-state index in [4.69, 9.17) is 0 Å². The summed E-state index contributed by atoms with van der Waals surface area (Å²) < 4.78 is 0. The Bertz CT molecular complexity index is 899. The monoisotopic (exact) mass is 455 g/mol. The highest BCUT2D eigenvalue weighted by atomic mass is 16.2. The summed E-state index contributed by atoms with van der Waals surface area (Å²) >= 11 is 0. The summed E-state index contributed by atoms with van der Waals surface area (Å²) in [5, 5.41) is 3.23. The molecule has 1 N–H and O–H groups in total. The topological polar surface area (TPSA) is 103 Å². The molecule has 4 rings (SSSR count). The normalized spacial score (nSPS) is 23.7. The van der Waals surface area contributed by atoms with E-state index in [1.165, 1.54) is 0 Å². The molecule has 9 heteroatoms. The van der Waals surface area contributed by atoms with Gasteiger partial charge in [0.15, 0.2) is 5.78 Å². The molecule has 1 aromatic heterocycles. The van der Waals surface area contributed by atoms with Gasteiger partial charge < -0.3 is 20.0 Å². The lowest BCUT2D eigenvalue weighted by Crippen LogP contribution is -2.49. The van der Waals surface area contributed by atoms with E-state index in [0.29, 0.717) is 38.2 Å². The van der Waals surface area contributed by atoms with Crippen LogP contribution in [0.25, 0.3) is 0 Å². The van der Waals surface area contributed by atoms with Crippen LogP contribution in [0.2, 0.25) is 0 Å². The fraction of sp³-hybridized carbons (Fsp3) is 0.625. The molecule has 3 aliphatic heterocycles. The number of fused-ring (bicyclic) bond motifs is 1. The van der Waals surface area contributed by atoms with Crippen LogP contribution in [0.1, 0.15) is 43.6 Å². The average molecular weight is 456 g/mol. The predicted octanol–water partition coefficient (Wildman–Crippen LogP) is 0.560. The van der Waals surface area contributed by atoms with Crippen molar-refractivity contribution < 1.29 is 19.2 Å². The van der Waals surface area contributed by atoms with Crippen LogP contribution >= 0.6 is 0 Å². The molecule has 178 valence electrons. The van der Waals surface area contributed by atoms with Gasteiger partial charge in [0.2, 0.25) is 11.8 Å². The number of nitrogens with zero attached hydrogens (tertiary/aromatic N) is 4. The lowest BCUT2D eigenvalue weighted by atomic mass is 9.91. The zero-order chi connectivity index (χ0) is 23.5. The van der Waals surface area contributed by atoms with Crippen LogP contribution in [0.3, 0.4) is 0 Å². The maximum Gasteiger partial charge on any atom is 0.273 e. The summed E-state index contributed by atoms with van der Waals surface area (Å²) in [4.78, 5) is 61.6. The minimum absolute atomic E-state index is 0.00375. The van der Waals surface area contributed by atoms with Crippen LogP contribution in [-0.4, -0.2) is 94.5 Å². The van der Waals surface area contributed by atoms with Gasteiger partial charge in [-0.3, -0.25) is 24.2 Å². The fourth-order valence-electron chi connectivity index (χ4n) is 5.30. The molecule has 4 heterocycles. The highest BCUT2D eigenvalue weighted by molar-refractivity contribution is 6.02.